The van der Waals surface area contributed by atoms with Crippen molar-refractivity contribution in [2.75, 3.05) is 6.54 Å². The molecule has 3 nitrogen and oxygen atoms in total. The van der Waals surface area contributed by atoms with Gasteiger partial charge in [-0.25, -0.2) is 0 Å². The average molecular weight is 227 g/mol. The summed E-state index contributed by atoms with van der Waals surface area (Å²) in [6.45, 7) is 2.54. The quantitative estimate of drug-likeness (QED) is 0.733. The molecular formula is C13H25NO2. The molecule has 0 radical (unpaired) electrons. The van der Waals surface area contributed by atoms with E-state index in [1.807, 2.05) is 0 Å². The molecule has 0 aromatic rings. The summed E-state index contributed by atoms with van der Waals surface area (Å²) in [4.78, 5) is 10.8. The number of carbonyl (C=O) groups is 1. The molecule has 0 saturated heterocycles. The fourth-order valence-corrected chi connectivity index (χ4v) is 2.75. The maximum atomic E-state index is 10.8. The van der Waals surface area contributed by atoms with E-state index in [0.717, 1.165) is 18.8 Å². The van der Waals surface area contributed by atoms with Gasteiger partial charge in [0.1, 0.15) is 0 Å². The van der Waals surface area contributed by atoms with E-state index in [1.54, 1.807) is 0 Å². The van der Waals surface area contributed by atoms with Crippen molar-refractivity contribution < 1.29 is 9.90 Å². The fraction of sp³-hybridized carbons (Fsp3) is 0.923. The molecule has 1 aliphatic rings. The van der Waals surface area contributed by atoms with E-state index in [4.69, 9.17) is 10.8 Å². The van der Waals surface area contributed by atoms with Crippen LogP contribution in [0.25, 0.3) is 0 Å². The normalized spacial score (nSPS) is 21.6. The highest BCUT2D eigenvalue weighted by atomic mass is 16.4. The Labute approximate surface area is 98.4 Å². The van der Waals surface area contributed by atoms with Gasteiger partial charge in [-0.3, -0.25) is 4.79 Å². The molecule has 0 aliphatic heterocycles. The lowest BCUT2D eigenvalue weighted by Crippen LogP contribution is -2.25. The van der Waals surface area contributed by atoms with E-state index in [0.29, 0.717) is 5.92 Å². The predicted octanol–water partition coefficient (Wildman–Crippen LogP) is 2.64. The van der Waals surface area contributed by atoms with E-state index < -0.39 is 5.97 Å². The van der Waals surface area contributed by atoms with Crippen LogP contribution in [0, 0.1) is 17.8 Å². The van der Waals surface area contributed by atoms with Gasteiger partial charge in [-0.2, -0.15) is 0 Å². The number of nitrogens with two attached hydrogens (primary N) is 1. The molecule has 3 heteroatoms. The van der Waals surface area contributed by atoms with Crippen molar-refractivity contribution in [2.45, 2.75) is 51.9 Å². The summed E-state index contributed by atoms with van der Waals surface area (Å²) in [5.74, 6) is 0.402. The summed E-state index contributed by atoms with van der Waals surface area (Å²) in [5, 5.41) is 8.92. The highest BCUT2D eigenvalue weighted by Gasteiger charge is 2.22. The molecular weight excluding hydrogens is 202 g/mol. The summed E-state index contributed by atoms with van der Waals surface area (Å²) >= 11 is 0. The Bertz CT molecular complexity index is 212. The minimum atomic E-state index is -0.738. The molecule has 0 amide bonds. The van der Waals surface area contributed by atoms with Crippen LogP contribution in [0.15, 0.2) is 0 Å². The molecule has 0 aromatic heterocycles. The lowest BCUT2D eigenvalue weighted by atomic mass is 9.78. The maximum absolute atomic E-state index is 10.8. The van der Waals surface area contributed by atoms with Crippen molar-refractivity contribution >= 4 is 5.97 Å². The smallest absolute Gasteiger partial charge is 0.307 e. The van der Waals surface area contributed by atoms with Gasteiger partial charge >= 0.3 is 5.97 Å². The van der Waals surface area contributed by atoms with Crippen molar-refractivity contribution in [3.05, 3.63) is 0 Å². The SMILES string of the molecule is CC(CCC(CN)C(=O)O)C1CCCCC1. The largest absolute Gasteiger partial charge is 0.481 e. The summed E-state index contributed by atoms with van der Waals surface area (Å²) in [7, 11) is 0. The van der Waals surface area contributed by atoms with Crippen molar-refractivity contribution in [3.8, 4) is 0 Å². The van der Waals surface area contributed by atoms with Crippen LogP contribution in [0.3, 0.4) is 0 Å². The van der Waals surface area contributed by atoms with Gasteiger partial charge in [0.05, 0.1) is 5.92 Å². The molecule has 0 bridgehead atoms. The Morgan fingerprint density at radius 1 is 1.31 bits per heavy atom. The van der Waals surface area contributed by atoms with Crippen molar-refractivity contribution in [2.24, 2.45) is 23.5 Å². The van der Waals surface area contributed by atoms with E-state index in [-0.39, 0.29) is 12.5 Å². The molecule has 0 aromatic carbocycles. The molecule has 1 rings (SSSR count). The van der Waals surface area contributed by atoms with Crippen molar-refractivity contribution in [3.63, 3.8) is 0 Å². The second-order valence-electron chi connectivity index (χ2n) is 5.22. The molecule has 2 unspecified atom stereocenters. The minimum Gasteiger partial charge on any atom is -0.481 e. The zero-order valence-electron chi connectivity index (χ0n) is 10.3. The number of aliphatic carboxylic acids is 1. The van der Waals surface area contributed by atoms with Crippen molar-refractivity contribution in [1.29, 1.82) is 0 Å². The van der Waals surface area contributed by atoms with Crippen LogP contribution in [-0.4, -0.2) is 17.6 Å². The monoisotopic (exact) mass is 227 g/mol. The van der Waals surface area contributed by atoms with Crippen LogP contribution in [0.1, 0.15) is 51.9 Å². The Morgan fingerprint density at radius 2 is 1.94 bits per heavy atom. The highest BCUT2D eigenvalue weighted by molar-refractivity contribution is 5.70. The molecule has 1 aliphatic carbocycles. The first-order chi connectivity index (χ1) is 7.65. The third-order valence-electron chi connectivity index (χ3n) is 4.06. The molecule has 1 saturated carbocycles. The Kier molecular flexibility index (Phi) is 5.81. The summed E-state index contributed by atoms with van der Waals surface area (Å²) in [5.41, 5.74) is 5.46. The van der Waals surface area contributed by atoms with E-state index >= 15 is 0 Å². The van der Waals surface area contributed by atoms with Crippen LogP contribution in [0.5, 0.6) is 0 Å². The zero-order valence-corrected chi connectivity index (χ0v) is 10.3. The first kappa shape index (κ1) is 13.5. The first-order valence-electron chi connectivity index (χ1n) is 6.58. The van der Waals surface area contributed by atoms with Crippen LogP contribution < -0.4 is 5.73 Å². The fourth-order valence-electron chi connectivity index (χ4n) is 2.75. The number of hydrogen-bond acceptors (Lipinski definition) is 2. The first-order valence-corrected chi connectivity index (χ1v) is 6.58. The average Bonchev–Trinajstić information content (AvgIpc) is 2.30. The second-order valence-corrected chi connectivity index (χ2v) is 5.22. The molecule has 3 N–H and O–H groups in total. The van der Waals surface area contributed by atoms with Gasteiger partial charge < -0.3 is 10.8 Å². The van der Waals surface area contributed by atoms with E-state index in [9.17, 15) is 4.79 Å². The lowest BCUT2D eigenvalue weighted by molar-refractivity contribution is -0.141. The van der Waals surface area contributed by atoms with Crippen LogP contribution in [0.4, 0.5) is 0 Å². The summed E-state index contributed by atoms with van der Waals surface area (Å²) in [6.07, 6.45) is 8.51. The van der Waals surface area contributed by atoms with Crippen LogP contribution in [0.2, 0.25) is 0 Å². The molecule has 0 spiro atoms. The van der Waals surface area contributed by atoms with Gasteiger partial charge in [-0.1, -0.05) is 39.0 Å². The van der Waals surface area contributed by atoms with Crippen molar-refractivity contribution in [1.82, 2.24) is 0 Å². The maximum Gasteiger partial charge on any atom is 0.307 e. The van der Waals surface area contributed by atoms with E-state index in [2.05, 4.69) is 6.92 Å². The topological polar surface area (TPSA) is 63.3 Å². The molecule has 16 heavy (non-hydrogen) atoms. The van der Waals surface area contributed by atoms with Crippen LogP contribution in [-0.2, 0) is 4.79 Å². The number of carboxylic acid groups (broad SMARTS) is 1. The summed E-state index contributed by atoms with van der Waals surface area (Å²) < 4.78 is 0. The van der Waals surface area contributed by atoms with Crippen LogP contribution >= 0.6 is 0 Å². The van der Waals surface area contributed by atoms with Gasteiger partial charge in [-0.05, 0) is 24.7 Å². The van der Waals surface area contributed by atoms with Gasteiger partial charge in [-0.15, -0.1) is 0 Å². The standard InChI is InChI=1S/C13H25NO2/c1-10(11-5-3-2-4-6-11)7-8-12(9-14)13(15)16/h10-12H,2-9,14H2,1H3,(H,15,16). The minimum absolute atomic E-state index is 0.271. The molecule has 94 valence electrons. The zero-order chi connectivity index (χ0) is 12.0. The lowest BCUT2D eigenvalue weighted by Gasteiger charge is -2.28. The summed E-state index contributed by atoms with van der Waals surface area (Å²) in [6, 6.07) is 0. The second kappa shape index (κ2) is 6.89. The van der Waals surface area contributed by atoms with Gasteiger partial charge in [0.25, 0.3) is 0 Å². The third-order valence-corrected chi connectivity index (χ3v) is 4.06. The molecule has 2 atom stereocenters. The van der Waals surface area contributed by atoms with Gasteiger partial charge in [0, 0.05) is 6.54 Å². The third kappa shape index (κ3) is 4.12. The Hall–Kier alpha value is -0.570. The Balaban J connectivity index is 2.27. The van der Waals surface area contributed by atoms with Gasteiger partial charge in [0.15, 0.2) is 0 Å². The predicted molar refractivity (Wildman–Crippen MR) is 65.2 cm³/mol. The Morgan fingerprint density at radius 3 is 2.44 bits per heavy atom. The van der Waals surface area contributed by atoms with E-state index in [1.165, 1.54) is 32.1 Å². The molecule has 1 fully saturated rings. The molecule has 0 heterocycles. The highest BCUT2D eigenvalue weighted by Crippen LogP contribution is 2.32. The van der Waals surface area contributed by atoms with Gasteiger partial charge in [0.2, 0.25) is 0 Å². The number of carboxylic acids is 1. The number of rotatable bonds is 6. The number of hydrogen-bond donors (Lipinski definition) is 2.